The standard InChI is InChI=1S/C12H8BrClFNO/c13-10-2-1-9(15)5-11(10)17-12-7-16-4-3-8(12)6-14/h1-5,7H,6H2. The van der Waals surface area contributed by atoms with E-state index in [0.29, 0.717) is 21.9 Å². The molecule has 0 saturated carbocycles. The van der Waals surface area contributed by atoms with Crippen molar-refractivity contribution in [3.8, 4) is 11.5 Å². The molecule has 0 fully saturated rings. The Morgan fingerprint density at radius 3 is 2.88 bits per heavy atom. The van der Waals surface area contributed by atoms with Crippen molar-refractivity contribution in [2.75, 3.05) is 0 Å². The molecule has 1 aromatic heterocycles. The maximum atomic E-state index is 13.1. The molecule has 0 spiro atoms. The Morgan fingerprint density at radius 1 is 1.29 bits per heavy atom. The van der Waals surface area contributed by atoms with E-state index >= 15 is 0 Å². The molecule has 0 bridgehead atoms. The highest BCUT2D eigenvalue weighted by Crippen LogP contribution is 2.32. The molecule has 1 aromatic carbocycles. The molecule has 2 rings (SSSR count). The monoisotopic (exact) mass is 315 g/mol. The lowest BCUT2D eigenvalue weighted by atomic mass is 10.3. The predicted molar refractivity (Wildman–Crippen MR) is 68.0 cm³/mol. The Hall–Kier alpha value is -1.13. The van der Waals surface area contributed by atoms with Crippen LogP contribution in [-0.2, 0) is 5.88 Å². The van der Waals surface area contributed by atoms with Crippen LogP contribution in [0.2, 0.25) is 0 Å². The van der Waals surface area contributed by atoms with E-state index in [-0.39, 0.29) is 5.82 Å². The van der Waals surface area contributed by atoms with Crippen LogP contribution in [-0.4, -0.2) is 4.98 Å². The van der Waals surface area contributed by atoms with Gasteiger partial charge in [0, 0.05) is 17.8 Å². The second-order valence-corrected chi connectivity index (χ2v) is 4.42. The molecular weight excluding hydrogens is 308 g/mol. The zero-order valence-corrected chi connectivity index (χ0v) is 11.0. The van der Waals surface area contributed by atoms with Crippen LogP contribution in [0.25, 0.3) is 0 Å². The quantitative estimate of drug-likeness (QED) is 0.777. The zero-order chi connectivity index (χ0) is 12.3. The molecule has 2 nitrogen and oxygen atoms in total. The fraction of sp³-hybridized carbons (Fsp3) is 0.0833. The number of aromatic nitrogens is 1. The molecule has 0 saturated heterocycles. The average Bonchev–Trinajstić information content (AvgIpc) is 2.34. The summed E-state index contributed by atoms with van der Waals surface area (Å²) in [6.45, 7) is 0. The number of hydrogen-bond acceptors (Lipinski definition) is 2. The molecule has 0 aliphatic heterocycles. The lowest BCUT2D eigenvalue weighted by Gasteiger charge is -2.10. The number of pyridine rings is 1. The second kappa shape index (κ2) is 5.47. The molecule has 88 valence electrons. The number of rotatable bonds is 3. The van der Waals surface area contributed by atoms with E-state index in [1.807, 2.05) is 0 Å². The minimum absolute atomic E-state index is 0.310. The molecule has 0 aliphatic rings. The van der Waals surface area contributed by atoms with Crippen molar-refractivity contribution in [3.05, 3.63) is 52.5 Å². The third-order valence-corrected chi connectivity index (χ3v) is 3.07. The average molecular weight is 317 g/mol. The maximum Gasteiger partial charge on any atom is 0.150 e. The maximum absolute atomic E-state index is 13.1. The molecule has 0 radical (unpaired) electrons. The van der Waals surface area contributed by atoms with Gasteiger partial charge in [0.25, 0.3) is 0 Å². The number of halogens is 3. The molecule has 2 aromatic rings. The Bertz CT molecular complexity index is 536. The van der Waals surface area contributed by atoms with Crippen molar-refractivity contribution in [2.24, 2.45) is 0 Å². The van der Waals surface area contributed by atoms with Crippen LogP contribution in [0.3, 0.4) is 0 Å². The van der Waals surface area contributed by atoms with E-state index in [0.717, 1.165) is 5.56 Å². The smallest absolute Gasteiger partial charge is 0.150 e. The van der Waals surface area contributed by atoms with Gasteiger partial charge in [0.2, 0.25) is 0 Å². The van der Waals surface area contributed by atoms with Gasteiger partial charge in [-0.2, -0.15) is 0 Å². The van der Waals surface area contributed by atoms with Crippen LogP contribution in [0.1, 0.15) is 5.56 Å². The van der Waals surface area contributed by atoms with Gasteiger partial charge in [-0.25, -0.2) is 4.39 Å². The first kappa shape index (κ1) is 12.3. The van der Waals surface area contributed by atoms with E-state index in [4.69, 9.17) is 16.3 Å². The molecule has 0 aliphatic carbocycles. The summed E-state index contributed by atoms with van der Waals surface area (Å²) in [4.78, 5) is 3.95. The van der Waals surface area contributed by atoms with Gasteiger partial charge in [-0.1, -0.05) is 0 Å². The summed E-state index contributed by atoms with van der Waals surface area (Å²) in [7, 11) is 0. The zero-order valence-electron chi connectivity index (χ0n) is 8.66. The minimum atomic E-state index is -0.362. The van der Waals surface area contributed by atoms with E-state index in [2.05, 4.69) is 20.9 Å². The summed E-state index contributed by atoms with van der Waals surface area (Å²) in [5.74, 6) is 0.864. The molecule has 1 heterocycles. The summed E-state index contributed by atoms with van der Waals surface area (Å²) in [6.07, 6.45) is 3.18. The van der Waals surface area contributed by atoms with Gasteiger partial charge in [-0.05, 0) is 34.1 Å². The number of hydrogen-bond donors (Lipinski definition) is 0. The fourth-order valence-electron chi connectivity index (χ4n) is 1.28. The molecule has 0 atom stereocenters. The first-order valence-corrected chi connectivity index (χ1v) is 6.15. The van der Waals surface area contributed by atoms with Crippen LogP contribution in [0.15, 0.2) is 41.1 Å². The summed E-state index contributed by atoms with van der Waals surface area (Å²) in [5, 5.41) is 0. The van der Waals surface area contributed by atoms with Crippen molar-refractivity contribution in [1.82, 2.24) is 4.98 Å². The molecule has 5 heteroatoms. The van der Waals surface area contributed by atoms with E-state index < -0.39 is 0 Å². The summed E-state index contributed by atoms with van der Waals surface area (Å²) < 4.78 is 19.3. The minimum Gasteiger partial charge on any atom is -0.454 e. The Morgan fingerprint density at radius 2 is 2.12 bits per heavy atom. The van der Waals surface area contributed by atoms with Gasteiger partial charge in [0.15, 0.2) is 0 Å². The van der Waals surface area contributed by atoms with Gasteiger partial charge in [-0.15, -0.1) is 11.6 Å². The Balaban J connectivity index is 2.34. The lowest BCUT2D eigenvalue weighted by molar-refractivity contribution is 0.467. The highest BCUT2D eigenvalue weighted by Gasteiger charge is 2.08. The van der Waals surface area contributed by atoms with Crippen molar-refractivity contribution in [1.29, 1.82) is 0 Å². The second-order valence-electron chi connectivity index (χ2n) is 3.29. The van der Waals surface area contributed by atoms with E-state index in [1.165, 1.54) is 12.1 Å². The predicted octanol–water partition coefficient (Wildman–Crippen LogP) is 4.51. The van der Waals surface area contributed by atoms with Crippen molar-refractivity contribution >= 4 is 27.5 Å². The fourth-order valence-corrected chi connectivity index (χ4v) is 1.83. The highest BCUT2D eigenvalue weighted by atomic mass is 79.9. The van der Waals surface area contributed by atoms with Crippen LogP contribution < -0.4 is 4.74 Å². The third-order valence-electron chi connectivity index (χ3n) is 2.13. The van der Waals surface area contributed by atoms with Gasteiger partial charge in [-0.3, -0.25) is 4.98 Å². The number of nitrogens with zero attached hydrogens (tertiary/aromatic N) is 1. The van der Waals surface area contributed by atoms with Gasteiger partial charge >= 0.3 is 0 Å². The normalized spacial score (nSPS) is 10.3. The lowest BCUT2D eigenvalue weighted by Crippen LogP contribution is -1.92. The molecule has 0 unspecified atom stereocenters. The number of benzene rings is 1. The molecule has 17 heavy (non-hydrogen) atoms. The number of ether oxygens (including phenoxy) is 1. The SMILES string of the molecule is Fc1ccc(Br)c(Oc2cnccc2CCl)c1. The summed E-state index contributed by atoms with van der Waals surface area (Å²) in [6, 6.07) is 5.99. The van der Waals surface area contributed by atoms with Crippen LogP contribution >= 0.6 is 27.5 Å². The highest BCUT2D eigenvalue weighted by molar-refractivity contribution is 9.10. The van der Waals surface area contributed by atoms with Crippen LogP contribution in [0, 0.1) is 5.82 Å². The Kier molecular flexibility index (Phi) is 3.97. The van der Waals surface area contributed by atoms with E-state index in [1.54, 1.807) is 24.5 Å². The van der Waals surface area contributed by atoms with Gasteiger partial charge in [0.1, 0.15) is 17.3 Å². The first-order chi connectivity index (χ1) is 8.20. The molecule has 0 N–H and O–H groups in total. The molecular formula is C12H8BrClFNO. The third kappa shape index (κ3) is 2.96. The van der Waals surface area contributed by atoms with Gasteiger partial charge in [0.05, 0.1) is 16.5 Å². The van der Waals surface area contributed by atoms with E-state index in [9.17, 15) is 4.39 Å². The van der Waals surface area contributed by atoms with Crippen molar-refractivity contribution in [3.63, 3.8) is 0 Å². The topological polar surface area (TPSA) is 22.1 Å². The van der Waals surface area contributed by atoms with Crippen molar-refractivity contribution < 1.29 is 9.13 Å². The number of alkyl halides is 1. The van der Waals surface area contributed by atoms with Gasteiger partial charge < -0.3 is 4.74 Å². The largest absolute Gasteiger partial charge is 0.454 e. The Labute approximate surface area is 112 Å². The van der Waals surface area contributed by atoms with Crippen LogP contribution in [0.4, 0.5) is 4.39 Å². The summed E-state index contributed by atoms with van der Waals surface area (Å²) >= 11 is 9.07. The first-order valence-electron chi connectivity index (χ1n) is 4.82. The summed E-state index contributed by atoms with van der Waals surface area (Å²) in [5.41, 5.74) is 0.804. The van der Waals surface area contributed by atoms with Crippen molar-refractivity contribution in [2.45, 2.75) is 5.88 Å². The van der Waals surface area contributed by atoms with Crippen LogP contribution in [0.5, 0.6) is 11.5 Å². The molecule has 0 amide bonds.